The highest BCUT2D eigenvalue weighted by Gasteiger charge is 2.05. The second-order valence-electron chi connectivity index (χ2n) is 5.12. The predicted octanol–water partition coefficient (Wildman–Crippen LogP) is 5.06. The molecule has 0 aromatic heterocycles. The standard InChI is InChI=1S/C19H14N2O3/c22-17-11-8-14-3-1-2-4-16(14)19(17)21-20-15-9-5-13(6-10-15)7-12-18(23)24/h1-12,22H,(H,23,24)/b12-7+,21-20?. The minimum absolute atomic E-state index is 0.0680. The van der Waals surface area contributed by atoms with E-state index in [2.05, 4.69) is 10.2 Å². The Morgan fingerprint density at radius 2 is 1.67 bits per heavy atom. The van der Waals surface area contributed by atoms with Gasteiger partial charge in [-0.25, -0.2) is 4.79 Å². The molecular weight excluding hydrogens is 304 g/mol. The van der Waals surface area contributed by atoms with Gasteiger partial charge in [-0.1, -0.05) is 42.5 Å². The SMILES string of the molecule is O=C(O)/C=C/c1ccc(N=Nc2c(O)ccc3ccccc23)cc1. The number of carboxylic acids is 1. The summed E-state index contributed by atoms with van der Waals surface area (Å²) in [7, 11) is 0. The first-order chi connectivity index (χ1) is 11.6. The van der Waals surface area contributed by atoms with E-state index in [-0.39, 0.29) is 5.75 Å². The molecule has 0 aliphatic rings. The Morgan fingerprint density at radius 3 is 2.42 bits per heavy atom. The van der Waals surface area contributed by atoms with Crippen LogP contribution in [0.15, 0.2) is 77.0 Å². The van der Waals surface area contributed by atoms with Crippen molar-refractivity contribution < 1.29 is 15.0 Å². The second-order valence-corrected chi connectivity index (χ2v) is 5.12. The van der Waals surface area contributed by atoms with Crippen molar-refractivity contribution in [3.05, 3.63) is 72.3 Å². The maximum absolute atomic E-state index is 10.5. The van der Waals surface area contributed by atoms with Gasteiger partial charge >= 0.3 is 5.97 Å². The number of hydrogen-bond acceptors (Lipinski definition) is 4. The summed E-state index contributed by atoms with van der Waals surface area (Å²) in [6.45, 7) is 0. The summed E-state index contributed by atoms with van der Waals surface area (Å²) >= 11 is 0. The summed E-state index contributed by atoms with van der Waals surface area (Å²) in [5, 5.41) is 28.8. The van der Waals surface area contributed by atoms with E-state index in [4.69, 9.17) is 5.11 Å². The number of nitrogens with zero attached hydrogens (tertiary/aromatic N) is 2. The third-order valence-corrected chi connectivity index (χ3v) is 3.46. The molecule has 0 amide bonds. The van der Waals surface area contributed by atoms with E-state index in [0.29, 0.717) is 11.4 Å². The number of carboxylic acid groups (broad SMARTS) is 1. The highest BCUT2D eigenvalue weighted by atomic mass is 16.4. The first-order valence-electron chi connectivity index (χ1n) is 7.27. The Hall–Kier alpha value is -3.47. The topological polar surface area (TPSA) is 82.2 Å². The number of azo groups is 1. The van der Waals surface area contributed by atoms with E-state index in [0.717, 1.165) is 22.4 Å². The van der Waals surface area contributed by atoms with Crippen LogP contribution in [-0.2, 0) is 4.79 Å². The zero-order chi connectivity index (χ0) is 16.9. The molecule has 3 rings (SSSR count). The summed E-state index contributed by atoms with van der Waals surface area (Å²) in [4.78, 5) is 10.5. The molecule has 0 saturated carbocycles. The Kier molecular flexibility index (Phi) is 4.34. The quantitative estimate of drug-likeness (QED) is 0.521. The minimum atomic E-state index is -0.995. The van der Waals surface area contributed by atoms with Gasteiger partial charge in [-0.05, 0) is 35.2 Å². The van der Waals surface area contributed by atoms with Gasteiger partial charge in [-0.15, -0.1) is 5.11 Å². The summed E-state index contributed by atoms with van der Waals surface area (Å²) in [6.07, 6.45) is 2.57. The first-order valence-corrected chi connectivity index (χ1v) is 7.27. The van der Waals surface area contributed by atoms with Gasteiger partial charge in [0.25, 0.3) is 0 Å². The van der Waals surface area contributed by atoms with Crippen molar-refractivity contribution >= 4 is 34.2 Å². The van der Waals surface area contributed by atoms with Crippen molar-refractivity contribution in [3.63, 3.8) is 0 Å². The lowest BCUT2D eigenvalue weighted by atomic mass is 10.1. The number of fused-ring (bicyclic) bond motifs is 1. The van der Waals surface area contributed by atoms with Crippen molar-refractivity contribution in [2.45, 2.75) is 0 Å². The number of phenolic OH excluding ortho intramolecular Hbond substituents is 1. The highest BCUT2D eigenvalue weighted by Crippen LogP contribution is 2.35. The fraction of sp³-hybridized carbons (Fsp3) is 0. The van der Waals surface area contributed by atoms with Crippen LogP contribution in [-0.4, -0.2) is 16.2 Å². The van der Waals surface area contributed by atoms with Gasteiger partial charge in [-0.3, -0.25) is 0 Å². The molecule has 0 heterocycles. The maximum atomic E-state index is 10.5. The lowest BCUT2D eigenvalue weighted by Gasteiger charge is -2.03. The molecule has 0 unspecified atom stereocenters. The Balaban J connectivity index is 1.89. The predicted molar refractivity (Wildman–Crippen MR) is 92.9 cm³/mol. The van der Waals surface area contributed by atoms with Crippen LogP contribution in [0.25, 0.3) is 16.8 Å². The molecule has 118 valence electrons. The van der Waals surface area contributed by atoms with E-state index in [1.807, 2.05) is 30.3 Å². The van der Waals surface area contributed by atoms with Crippen LogP contribution in [0.1, 0.15) is 5.56 Å². The van der Waals surface area contributed by atoms with Crippen molar-refractivity contribution in [1.29, 1.82) is 0 Å². The Morgan fingerprint density at radius 1 is 0.917 bits per heavy atom. The first kappa shape index (κ1) is 15.4. The summed E-state index contributed by atoms with van der Waals surface area (Å²) in [5.74, 6) is -0.927. The summed E-state index contributed by atoms with van der Waals surface area (Å²) in [6, 6.07) is 18.0. The lowest BCUT2D eigenvalue weighted by Crippen LogP contribution is -1.85. The molecule has 0 aliphatic carbocycles. The lowest BCUT2D eigenvalue weighted by molar-refractivity contribution is -0.131. The molecule has 0 fully saturated rings. The molecular formula is C19H14N2O3. The average molecular weight is 318 g/mol. The normalized spacial score (nSPS) is 11.5. The number of hydrogen-bond donors (Lipinski definition) is 2. The summed E-state index contributed by atoms with van der Waals surface area (Å²) in [5.41, 5.74) is 1.78. The Labute approximate surface area is 138 Å². The second kappa shape index (κ2) is 6.75. The van der Waals surface area contributed by atoms with Gasteiger partial charge in [0.15, 0.2) is 0 Å². The molecule has 0 bridgehead atoms. The molecule has 3 aromatic carbocycles. The number of rotatable bonds is 4. The van der Waals surface area contributed by atoms with Crippen LogP contribution < -0.4 is 0 Å². The zero-order valence-electron chi connectivity index (χ0n) is 12.6. The highest BCUT2D eigenvalue weighted by molar-refractivity contribution is 5.95. The van der Waals surface area contributed by atoms with E-state index in [1.54, 1.807) is 30.3 Å². The molecule has 0 radical (unpaired) electrons. The van der Waals surface area contributed by atoms with Crippen molar-refractivity contribution in [2.75, 3.05) is 0 Å². The molecule has 24 heavy (non-hydrogen) atoms. The van der Waals surface area contributed by atoms with E-state index >= 15 is 0 Å². The van der Waals surface area contributed by atoms with E-state index in [1.165, 1.54) is 6.08 Å². The summed E-state index contributed by atoms with van der Waals surface area (Å²) < 4.78 is 0. The molecule has 5 heteroatoms. The van der Waals surface area contributed by atoms with E-state index < -0.39 is 5.97 Å². The van der Waals surface area contributed by atoms with E-state index in [9.17, 15) is 9.90 Å². The number of aromatic hydroxyl groups is 1. The van der Waals surface area contributed by atoms with Crippen molar-refractivity contribution in [2.24, 2.45) is 10.2 Å². The van der Waals surface area contributed by atoms with Gasteiger partial charge in [0, 0.05) is 11.5 Å². The minimum Gasteiger partial charge on any atom is -0.506 e. The van der Waals surface area contributed by atoms with Crippen LogP contribution in [0.3, 0.4) is 0 Å². The van der Waals surface area contributed by atoms with Crippen molar-refractivity contribution in [1.82, 2.24) is 0 Å². The largest absolute Gasteiger partial charge is 0.506 e. The molecule has 0 atom stereocenters. The molecule has 0 aliphatic heterocycles. The third kappa shape index (κ3) is 3.47. The van der Waals surface area contributed by atoms with Gasteiger partial charge in [0.1, 0.15) is 11.4 Å². The molecule has 0 saturated heterocycles. The number of benzene rings is 3. The third-order valence-electron chi connectivity index (χ3n) is 3.46. The molecule has 5 nitrogen and oxygen atoms in total. The monoisotopic (exact) mass is 318 g/mol. The van der Waals surface area contributed by atoms with Gasteiger partial charge in [-0.2, -0.15) is 5.11 Å². The zero-order valence-corrected chi connectivity index (χ0v) is 12.6. The fourth-order valence-corrected chi connectivity index (χ4v) is 2.28. The number of aliphatic carboxylic acids is 1. The van der Waals surface area contributed by atoms with Crippen LogP contribution in [0.5, 0.6) is 5.75 Å². The number of carbonyl (C=O) groups is 1. The van der Waals surface area contributed by atoms with Crippen LogP contribution in [0.4, 0.5) is 11.4 Å². The van der Waals surface area contributed by atoms with Crippen LogP contribution >= 0.6 is 0 Å². The van der Waals surface area contributed by atoms with Gasteiger partial charge < -0.3 is 10.2 Å². The van der Waals surface area contributed by atoms with Gasteiger partial charge in [0.2, 0.25) is 0 Å². The maximum Gasteiger partial charge on any atom is 0.328 e. The van der Waals surface area contributed by atoms with Crippen LogP contribution in [0.2, 0.25) is 0 Å². The Bertz CT molecular complexity index is 944. The van der Waals surface area contributed by atoms with Gasteiger partial charge in [0.05, 0.1) is 5.69 Å². The smallest absolute Gasteiger partial charge is 0.328 e. The van der Waals surface area contributed by atoms with Crippen molar-refractivity contribution in [3.8, 4) is 5.75 Å². The van der Waals surface area contributed by atoms with Crippen LogP contribution in [0, 0.1) is 0 Å². The molecule has 0 spiro atoms. The number of phenols is 1. The fourth-order valence-electron chi connectivity index (χ4n) is 2.28. The molecule has 3 aromatic rings. The average Bonchev–Trinajstić information content (AvgIpc) is 2.60. The molecule has 2 N–H and O–H groups in total.